The van der Waals surface area contributed by atoms with E-state index < -0.39 is 24.4 Å². The third-order valence-electron chi connectivity index (χ3n) is 6.13. The molecule has 2 aliphatic rings. The molecule has 10 heteroatoms. The Kier molecular flexibility index (Phi) is 4.95. The summed E-state index contributed by atoms with van der Waals surface area (Å²) < 4.78 is 7.91. The molecule has 1 fully saturated rings. The number of hydrogen-bond acceptors (Lipinski definition) is 8. The van der Waals surface area contributed by atoms with Crippen LogP contribution in [0.2, 0.25) is 5.02 Å². The van der Waals surface area contributed by atoms with Crippen LogP contribution in [0.15, 0.2) is 24.7 Å². The Morgan fingerprint density at radius 2 is 2.13 bits per heavy atom. The summed E-state index contributed by atoms with van der Waals surface area (Å²) in [7, 11) is 0. The number of nitrogens with two attached hydrogens (primary N) is 1. The van der Waals surface area contributed by atoms with Crippen LogP contribution >= 0.6 is 11.6 Å². The van der Waals surface area contributed by atoms with E-state index in [4.69, 9.17) is 22.1 Å². The number of aliphatic hydroxyl groups is 2. The largest absolute Gasteiger partial charge is 0.487 e. The molecule has 0 saturated heterocycles. The van der Waals surface area contributed by atoms with Crippen molar-refractivity contribution < 1.29 is 14.9 Å². The summed E-state index contributed by atoms with van der Waals surface area (Å²) in [6.45, 7) is 1.46. The molecule has 3 heterocycles. The highest BCUT2D eigenvalue weighted by Gasteiger charge is 2.45. The zero-order valence-corrected chi connectivity index (χ0v) is 17.3. The second kappa shape index (κ2) is 7.66. The Labute approximate surface area is 183 Å². The fourth-order valence-electron chi connectivity index (χ4n) is 4.57. The molecule has 160 valence electrons. The summed E-state index contributed by atoms with van der Waals surface area (Å²) in [5.41, 5.74) is 8.97. The second-order valence-electron chi connectivity index (χ2n) is 7.93. The number of nitrogens with one attached hydrogen (secondary N) is 1. The number of rotatable bonds is 3. The number of fused-ring (bicyclic) bond motifs is 2. The number of aromatic nitrogens is 3. The number of nitrogens with zero attached hydrogens (tertiary/aromatic N) is 4. The molecule has 9 nitrogen and oxygen atoms in total. The predicted octanol–water partition coefficient (Wildman–Crippen LogP) is 1.30. The smallest absolute Gasteiger partial charge is 0.147 e. The van der Waals surface area contributed by atoms with Crippen molar-refractivity contribution in [1.82, 2.24) is 19.9 Å². The van der Waals surface area contributed by atoms with Crippen LogP contribution in [0, 0.1) is 11.3 Å². The normalized spacial score (nSPS) is 25.4. The maximum absolute atomic E-state index is 10.8. The number of halogens is 1. The van der Waals surface area contributed by atoms with Gasteiger partial charge < -0.3 is 30.6 Å². The molecule has 4 atom stereocenters. The van der Waals surface area contributed by atoms with Gasteiger partial charge in [-0.1, -0.05) is 11.6 Å². The summed E-state index contributed by atoms with van der Waals surface area (Å²) in [5.74, 6) is 0.808. The first kappa shape index (κ1) is 20.0. The zero-order chi connectivity index (χ0) is 21.7. The van der Waals surface area contributed by atoms with E-state index in [1.807, 2.05) is 6.07 Å². The van der Waals surface area contributed by atoms with Gasteiger partial charge in [0.2, 0.25) is 0 Å². The molecule has 1 aliphatic carbocycles. The molecule has 4 unspecified atom stereocenters. The molecule has 0 radical (unpaired) electrons. The maximum Gasteiger partial charge on any atom is 0.147 e. The van der Waals surface area contributed by atoms with E-state index in [2.05, 4.69) is 21.4 Å². The fraction of sp³-hybridized carbons (Fsp3) is 0.381. The summed E-state index contributed by atoms with van der Waals surface area (Å²) in [6.07, 6.45) is 1.21. The van der Waals surface area contributed by atoms with Crippen LogP contribution < -0.4 is 15.8 Å². The topological polar surface area (TPSA) is 142 Å². The van der Waals surface area contributed by atoms with Crippen molar-refractivity contribution in [2.75, 3.05) is 12.3 Å². The van der Waals surface area contributed by atoms with Gasteiger partial charge in [0.1, 0.15) is 41.9 Å². The number of nitriles is 1. The molecule has 2 aromatic heterocycles. The van der Waals surface area contributed by atoms with Gasteiger partial charge in [-0.2, -0.15) is 5.26 Å². The average molecular weight is 441 g/mol. The minimum atomic E-state index is -1.13. The van der Waals surface area contributed by atoms with Gasteiger partial charge in [0, 0.05) is 24.7 Å². The van der Waals surface area contributed by atoms with Crippen molar-refractivity contribution >= 4 is 28.5 Å². The Hall–Kier alpha value is -2.90. The molecule has 5 rings (SSSR count). The highest BCUT2D eigenvalue weighted by Crippen LogP contribution is 2.39. The van der Waals surface area contributed by atoms with E-state index in [1.165, 1.54) is 6.33 Å². The van der Waals surface area contributed by atoms with Gasteiger partial charge >= 0.3 is 0 Å². The van der Waals surface area contributed by atoms with E-state index in [-0.39, 0.29) is 5.82 Å². The molecule has 0 amide bonds. The molecule has 1 saturated carbocycles. The van der Waals surface area contributed by atoms with Gasteiger partial charge in [0.25, 0.3) is 0 Å². The van der Waals surface area contributed by atoms with Crippen LogP contribution in [0.5, 0.6) is 5.75 Å². The summed E-state index contributed by atoms with van der Waals surface area (Å²) in [6, 6.07) is 5.22. The SMILES string of the molecule is N#Cc1cc2c(c(OC3CC(n4cc(Cl)c5c(N)ncnc54)C(O)C3O)c1)CNCC2. The minimum absolute atomic E-state index is 0.252. The summed E-state index contributed by atoms with van der Waals surface area (Å²) in [5, 5.41) is 35.1. The highest BCUT2D eigenvalue weighted by atomic mass is 35.5. The number of aliphatic hydroxyl groups excluding tert-OH is 2. The Bertz CT molecular complexity index is 1210. The molecule has 5 N–H and O–H groups in total. The first-order valence-corrected chi connectivity index (χ1v) is 10.4. The number of ether oxygens (including phenoxy) is 1. The van der Waals surface area contributed by atoms with Crippen LogP contribution in [0.4, 0.5) is 5.82 Å². The van der Waals surface area contributed by atoms with E-state index in [0.717, 1.165) is 24.1 Å². The van der Waals surface area contributed by atoms with Crippen LogP contribution in [0.25, 0.3) is 11.0 Å². The van der Waals surface area contributed by atoms with Crippen molar-refractivity contribution in [3.05, 3.63) is 46.4 Å². The van der Waals surface area contributed by atoms with Gasteiger partial charge in [-0.3, -0.25) is 0 Å². The van der Waals surface area contributed by atoms with Gasteiger partial charge in [0.05, 0.1) is 28.1 Å². The van der Waals surface area contributed by atoms with Crippen molar-refractivity contribution in [2.24, 2.45) is 0 Å². The molecule has 31 heavy (non-hydrogen) atoms. The summed E-state index contributed by atoms with van der Waals surface area (Å²) >= 11 is 6.33. The third kappa shape index (κ3) is 3.28. The van der Waals surface area contributed by atoms with E-state index in [9.17, 15) is 15.5 Å². The third-order valence-corrected chi connectivity index (χ3v) is 6.42. The van der Waals surface area contributed by atoms with Crippen molar-refractivity contribution in [3.8, 4) is 11.8 Å². The van der Waals surface area contributed by atoms with E-state index >= 15 is 0 Å². The molecule has 1 aliphatic heterocycles. The standard InChI is InChI=1S/C21H21ClN6O3/c22-13-8-28(21-17(13)20(24)26-9-27-21)14-5-16(19(30)18(14)29)31-15-4-10(6-23)3-11-1-2-25-7-12(11)15/h3-4,8-9,14,16,18-19,25,29-30H,1-2,5,7H2,(H2,24,26,27). The van der Waals surface area contributed by atoms with Crippen LogP contribution in [-0.4, -0.2) is 49.6 Å². The second-order valence-corrected chi connectivity index (χ2v) is 8.34. The lowest BCUT2D eigenvalue weighted by atomic mass is 9.97. The number of nitrogen functional groups attached to an aromatic ring is 1. The molecular weight excluding hydrogens is 420 g/mol. The van der Waals surface area contributed by atoms with Gasteiger partial charge in [-0.15, -0.1) is 0 Å². The first-order valence-electron chi connectivity index (χ1n) is 10.0. The molecule has 3 aromatic rings. The van der Waals surface area contributed by atoms with E-state index in [0.29, 0.717) is 40.3 Å². The Balaban J connectivity index is 1.48. The molecule has 0 bridgehead atoms. The lowest BCUT2D eigenvalue weighted by Gasteiger charge is -2.24. The van der Waals surface area contributed by atoms with E-state index in [1.54, 1.807) is 16.8 Å². The van der Waals surface area contributed by atoms with Crippen LogP contribution in [0.3, 0.4) is 0 Å². The van der Waals surface area contributed by atoms with Crippen LogP contribution in [-0.2, 0) is 13.0 Å². The monoisotopic (exact) mass is 440 g/mol. The van der Waals surface area contributed by atoms with Crippen molar-refractivity contribution in [2.45, 2.75) is 43.7 Å². The number of benzene rings is 1. The van der Waals surface area contributed by atoms with Crippen molar-refractivity contribution in [1.29, 1.82) is 5.26 Å². The molecule has 1 aromatic carbocycles. The Morgan fingerprint density at radius 1 is 1.29 bits per heavy atom. The minimum Gasteiger partial charge on any atom is -0.487 e. The van der Waals surface area contributed by atoms with Crippen LogP contribution in [0.1, 0.15) is 29.2 Å². The highest BCUT2D eigenvalue weighted by molar-refractivity contribution is 6.36. The molecular formula is C21H21ClN6O3. The average Bonchev–Trinajstić information content (AvgIpc) is 3.25. The number of anilines is 1. The summed E-state index contributed by atoms with van der Waals surface area (Å²) in [4.78, 5) is 8.24. The number of hydrogen-bond donors (Lipinski definition) is 4. The van der Waals surface area contributed by atoms with Gasteiger partial charge in [-0.25, -0.2) is 9.97 Å². The fourth-order valence-corrected chi connectivity index (χ4v) is 4.86. The quantitative estimate of drug-likeness (QED) is 0.477. The lowest BCUT2D eigenvalue weighted by molar-refractivity contribution is -0.0166. The van der Waals surface area contributed by atoms with Crippen molar-refractivity contribution in [3.63, 3.8) is 0 Å². The maximum atomic E-state index is 10.8. The van der Waals surface area contributed by atoms with Gasteiger partial charge in [0.15, 0.2) is 0 Å². The predicted molar refractivity (Wildman–Crippen MR) is 114 cm³/mol. The van der Waals surface area contributed by atoms with Gasteiger partial charge in [-0.05, 0) is 30.7 Å². The Morgan fingerprint density at radius 3 is 2.94 bits per heavy atom. The first-order chi connectivity index (χ1) is 15.0. The zero-order valence-electron chi connectivity index (χ0n) is 16.5. The lowest BCUT2D eigenvalue weighted by Crippen LogP contribution is -2.35. The molecule has 0 spiro atoms.